The smallest absolute Gasteiger partial charge is 0.243 e. The number of rotatable bonds is 9. The second-order valence-electron chi connectivity index (χ2n) is 11.9. The number of halogens is 1. The summed E-state index contributed by atoms with van der Waals surface area (Å²) in [5.41, 5.74) is 1.31. The molecule has 226 valence electrons. The van der Waals surface area contributed by atoms with E-state index in [-0.39, 0.29) is 30.9 Å². The second-order valence-corrected chi connectivity index (χ2v) is 14.9. The summed E-state index contributed by atoms with van der Waals surface area (Å²) in [7, 11) is -3.72. The van der Waals surface area contributed by atoms with Gasteiger partial charge in [0.05, 0.1) is 23.6 Å². The number of benzene rings is 2. The highest BCUT2D eigenvalue weighted by molar-refractivity contribution is 7.89. The molecule has 42 heavy (non-hydrogen) atoms. The largest absolute Gasteiger partial charge is 0.371 e. The lowest BCUT2D eigenvalue weighted by atomic mass is 9.89. The number of ether oxygens (including phenoxy) is 1. The van der Waals surface area contributed by atoms with Gasteiger partial charge in [-0.2, -0.15) is 4.31 Å². The van der Waals surface area contributed by atoms with Gasteiger partial charge >= 0.3 is 0 Å². The van der Waals surface area contributed by atoms with Crippen molar-refractivity contribution < 1.29 is 22.3 Å². The summed E-state index contributed by atoms with van der Waals surface area (Å²) >= 11 is 1.40. The zero-order valence-electron chi connectivity index (χ0n) is 24.4. The number of hydrogen-bond acceptors (Lipinski definition) is 7. The lowest BCUT2D eigenvalue weighted by Gasteiger charge is -2.50. The summed E-state index contributed by atoms with van der Waals surface area (Å²) in [6.07, 6.45) is 4.59. The Hall–Kier alpha value is -2.70. The van der Waals surface area contributed by atoms with Gasteiger partial charge in [-0.25, -0.2) is 17.8 Å². The zero-order valence-corrected chi connectivity index (χ0v) is 26.0. The standard InChI is InChI=1S/C31H39FN4O4S2/c1-22(2)15-26-19-40-31(21-36(26)42(38,39)28-11-5-23(3)6-12-28)13-4-14-35(20-31)18-29(37)34-30-33-17-27(41-30)16-24-7-9-25(32)10-8-24/h5-12,17,22,26H,4,13-16,18-21H2,1-3H3,(H,33,34,37)/t26-,31+/m0/s1. The molecule has 2 saturated heterocycles. The van der Waals surface area contributed by atoms with Crippen molar-refractivity contribution >= 4 is 32.4 Å². The minimum absolute atomic E-state index is 0.165. The Morgan fingerprint density at radius 1 is 1.17 bits per heavy atom. The maximum atomic E-state index is 13.9. The lowest BCUT2D eigenvalue weighted by Crippen LogP contribution is -2.64. The van der Waals surface area contributed by atoms with Gasteiger partial charge in [-0.3, -0.25) is 9.69 Å². The number of sulfonamides is 1. The first-order chi connectivity index (χ1) is 20.0. The van der Waals surface area contributed by atoms with Crippen LogP contribution in [0.3, 0.4) is 0 Å². The number of aromatic nitrogens is 1. The molecule has 0 saturated carbocycles. The molecular formula is C31H39FN4O4S2. The Morgan fingerprint density at radius 2 is 1.90 bits per heavy atom. The van der Waals surface area contributed by atoms with Gasteiger partial charge in [-0.05, 0) is 68.5 Å². The van der Waals surface area contributed by atoms with Crippen LogP contribution < -0.4 is 5.32 Å². The first-order valence-electron chi connectivity index (χ1n) is 14.5. The summed E-state index contributed by atoms with van der Waals surface area (Å²) in [5.74, 6) is -0.130. The van der Waals surface area contributed by atoms with Crippen LogP contribution in [-0.2, 0) is 26.0 Å². The van der Waals surface area contributed by atoms with Crippen molar-refractivity contribution in [3.8, 4) is 0 Å². The monoisotopic (exact) mass is 614 g/mol. The number of morpholine rings is 1. The summed E-state index contributed by atoms with van der Waals surface area (Å²) in [6.45, 7) is 8.09. The number of nitrogens with zero attached hydrogens (tertiary/aromatic N) is 3. The molecule has 0 bridgehead atoms. The quantitative estimate of drug-likeness (QED) is 0.361. The number of piperidine rings is 1. The van der Waals surface area contributed by atoms with Gasteiger partial charge in [0, 0.05) is 36.6 Å². The molecule has 11 heteroatoms. The van der Waals surface area contributed by atoms with Crippen LogP contribution in [0.4, 0.5) is 9.52 Å². The van der Waals surface area contributed by atoms with Crippen LogP contribution in [0.2, 0.25) is 0 Å². The first-order valence-corrected chi connectivity index (χ1v) is 16.7. The van der Waals surface area contributed by atoms with E-state index in [0.29, 0.717) is 41.9 Å². The number of carbonyl (C=O) groups excluding carboxylic acids is 1. The predicted molar refractivity (Wildman–Crippen MR) is 163 cm³/mol. The molecule has 0 radical (unpaired) electrons. The SMILES string of the molecule is Cc1ccc(S(=O)(=O)N2C[C@]3(CCCN(CC(=O)Nc4ncc(Cc5ccc(F)cc5)s4)C3)OC[C@@H]2CC(C)C)cc1. The molecule has 8 nitrogen and oxygen atoms in total. The van der Waals surface area contributed by atoms with Crippen molar-refractivity contribution in [2.24, 2.45) is 5.92 Å². The van der Waals surface area contributed by atoms with Crippen LogP contribution in [0.15, 0.2) is 59.6 Å². The van der Waals surface area contributed by atoms with Gasteiger partial charge in [-0.15, -0.1) is 11.3 Å². The molecule has 1 amide bonds. The minimum atomic E-state index is -3.72. The Morgan fingerprint density at radius 3 is 2.62 bits per heavy atom. The number of amides is 1. The summed E-state index contributed by atoms with van der Waals surface area (Å²) < 4.78 is 49.1. The number of thiazole rings is 1. The number of anilines is 1. The van der Waals surface area contributed by atoms with E-state index in [1.165, 1.54) is 23.5 Å². The van der Waals surface area contributed by atoms with E-state index in [0.717, 1.165) is 35.4 Å². The maximum Gasteiger partial charge on any atom is 0.243 e. The average molecular weight is 615 g/mol. The van der Waals surface area contributed by atoms with Crippen molar-refractivity contribution in [1.82, 2.24) is 14.2 Å². The fraction of sp³-hybridized carbons (Fsp3) is 0.484. The fourth-order valence-corrected chi connectivity index (χ4v) is 8.41. The van der Waals surface area contributed by atoms with E-state index >= 15 is 0 Å². The molecule has 2 aromatic carbocycles. The number of likely N-dealkylation sites (tertiary alicyclic amines) is 1. The molecule has 2 atom stereocenters. The van der Waals surface area contributed by atoms with E-state index in [1.807, 2.05) is 24.0 Å². The molecule has 1 spiro atoms. The summed E-state index contributed by atoms with van der Waals surface area (Å²) in [6, 6.07) is 13.1. The third-order valence-corrected chi connectivity index (χ3v) is 10.7. The molecule has 3 aromatic rings. The fourth-order valence-electron chi connectivity index (χ4n) is 5.86. The number of nitrogens with one attached hydrogen (secondary N) is 1. The normalized spacial score (nSPS) is 22.1. The van der Waals surface area contributed by atoms with Crippen LogP contribution >= 0.6 is 11.3 Å². The highest BCUT2D eigenvalue weighted by atomic mass is 32.2. The molecule has 2 aliphatic heterocycles. The number of hydrogen-bond donors (Lipinski definition) is 1. The first kappa shape index (κ1) is 30.7. The van der Waals surface area contributed by atoms with Crippen molar-refractivity contribution in [2.45, 2.75) is 63.0 Å². The van der Waals surface area contributed by atoms with Gasteiger partial charge in [0.1, 0.15) is 5.82 Å². The van der Waals surface area contributed by atoms with Crippen LogP contribution in [0.5, 0.6) is 0 Å². The maximum absolute atomic E-state index is 13.9. The molecule has 2 fully saturated rings. The second kappa shape index (κ2) is 12.9. The summed E-state index contributed by atoms with van der Waals surface area (Å²) in [4.78, 5) is 20.7. The van der Waals surface area contributed by atoms with Crippen LogP contribution in [-0.4, -0.2) is 72.9 Å². The Balaban J connectivity index is 1.23. The highest BCUT2D eigenvalue weighted by Gasteiger charge is 2.47. The van der Waals surface area contributed by atoms with E-state index in [9.17, 15) is 17.6 Å². The molecule has 2 aliphatic rings. The molecule has 1 N–H and O–H groups in total. The number of aryl methyl sites for hydroxylation is 1. The van der Waals surface area contributed by atoms with Crippen molar-refractivity contribution in [3.63, 3.8) is 0 Å². The van der Waals surface area contributed by atoms with Gasteiger partial charge < -0.3 is 10.1 Å². The van der Waals surface area contributed by atoms with Crippen molar-refractivity contribution in [1.29, 1.82) is 0 Å². The molecule has 0 aliphatic carbocycles. The molecule has 1 aromatic heterocycles. The number of carbonyl (C=O) groups is 1. The summed E-state index contributed by atoms with van der Waals surface area (Å²) in [5, 5.41) is 3.42. The van der Waals surface area contributed by atoms with Crippen LogP contribution in [0.1, 0.15) is 49.1 Å². The highest BCUT2D eigenvalue weighted by Crippen LogP contribution is 2.35. The Bertz CT molecular complexity index is 1480. The molecule has 3 heterocycles. The van der Waals surface area contributed by atoms with E-state index in [2.05, 4.69) is 24.1 Å². The van der Waals surface area contributed by atoms with Gasteiger partial charge in [0.15, 0.2) is 5.13 Å². The van der Waals surface area contributed by atoms with Crippen LogP contribution in [0.25, 0.3) is 0 Å². The van der Waals surface area contributed by atoms with E-state index in [1.54, 1.807) is 34.8 Å². The lowest BCUT2D eigenvalue weighted by molar-refractivity contribution is -0.146. The molecule has 5 rings (SSSR count). The minimum Gasteiger partial charge on any atom is -0.371 e. The molecular weight excluding hydrogens is 575 g/mol. The molecule has 0 unspecified atom stereocenters. The van der Waals surface area contributed by atoms with Crippen molar-refractivity contribution in [2.75, 3.05) is 38.1 Å². The van der Waals surface area contributed by atoms with Gasteiger partial charge in [0.25, 0.3) is 0 Å². The Labute approximate surface area is 252 Å². The van der Waals surface area contributed by atoms with Crippen LogP contribution in [0, 0.1) is 18.7 Å². The third-order valence-electron chi connectivity index (χ3n) is 7.88. The van der Waals surface area contributed by atoms with E-state index in [4.69, 9.17) is 4.74 Å². The third kappa shape index (κ3) is 7.44. The topological polar surface area (TPSA) is 91.8 Å². The van der Waals surface area contributed by atoms with Gasteiger partial charge in [-0.1, -0.05) is 43.7 Å². The van der Waals surface area contributed by atoms with E-state index < -0.39 is 15.6 Å². The zero-order chi connectivity index (χ0) is 29.9. The van der Waals surface area contributed by atoms with Gasteiger partial charge in [0.2, 0.25) is 15.9 Å². The van der Waals surface area contributed by atoms with Crippen molar-refractivity contribution in [3.05, 3.63) is 76.5 Å². The Kier molecular flexibility index (Phi) is 9.44. The average Bonchev–Trinajstić information content (AvgIpc) is 3.37. The predicted octanol–water partition coefficient (Wildman–Crippen LogP) is 5.09.